The summed E-state index contributed by atoms with van der Waals surface area (Å²) in [6.07, 6.45) is 2.75. The monoisotopic (exact) mass is 301 g/mol. The van der Waals surface area contributed by atoms with Crippen molar-refractivity contribution in [2.45, 2.75) is 12.1 Å². The fraction of sp³-hybridized carbons (Fsp3) is 0.125. The molecule has 2 aromatic carbocycles. The van der Waals surface area contributed by atoms with Crippen molar-refractivity contribution in [2.75, 3.05) is 0 Å². The van der Waals surface area contributed by atoms with Crippen LogP contribution in [0.5, 0.6) is 0 Å². The van der Waals surface area contributed by atoms with Crippen molar-refractivity contribution in [3.8, 4) is 0 Å². The van der Waals surface area contributed by atoms with Crippen LogP contribution in [-0.2, 0) is 12.1 Å². The summed E-state index contributed by atoms with van der Waals surface area (Å²) >= 11 is 0. The second kappa shape index (κ2) is 5.65. The van der Waals surface area contributed by atoms with Gasteiger partial charge in [0.15, 0.2) is 0 Å². The molecule has 1 atom stereocenters. The van der Waals surface area contributed by atoms with Crippen LogP contribution in [-0.4, -0.2) is 19.9 Å². The summed E-state index contributed by atoms with van der Waals surface area (Å²) in [5.41, 5.74) is -1.22. The predicted octanol–water partition coefficient (Wildman–Crippen LogP) is 2.49. The first kappa shape index (κ1) is 14.3. The van der Waals surface area contributed by atoms with Crippen LogP contribution >= 0.6 is 0 Å². The first-order valence-corrected chi connectivity index (χ1v) is 6.65. The second-order valence-corrected chi connectivity index (χ2v) is 4.94. The van der Waals surface area contributed by atoms with E-state index in [1.54, 1.807) is 30.3 Å². The number of benzene rings is 2. The number of aromatic nitrogens is 3. The Balaban J connectivity index is 2.14. The van der Waals surface area contributed by atoms with E-state index < -0.39 is 17.2 Å². The topological polar surface area (TPSA) is 50.9 Å². The minimum Gasteiger partial charge on any atom is -0.378 e. The van der Waals surface area contributed by atoms with Gasteiger partial charge in [-0.15, -0.1) is 0 Å². The average molecular weight is 301 g/mol. The molecule has 112 valence electrons. The molecule has 0 saturated heterocycles. The molecule has 1 N–H and O–H groups in total. The normalized spacial score (nSPS) is 13.8. The molecule has 0 aliphatic heterocycles. The van der Waals surface area contributed by atoms with E-state index in [1.165, 1.54) is 23.4 Å². The first-order chi connectivity index (χ1) is 10.6. The van der Waals surface area contributed by atoms with Crippen molar-refractivity contribution in [1.29, 1.82) is 0 Å². The molecule has 1 unspecified atom stereocenters. The Labute approximate surface area is 125 Å². The molecule has 4 nitrogen and oxygen atoms in total. The van der Waals surface area contributed by atoms with Gasteiger partial charge in [-0.1, -0.05) is 30.3 Å². The van der Waals surface area contributed by atoms with Gasteiger partial charge in [-0.25, -0.2) is 18.4 Å². The summed E-state index contributed by atoms with van der Waals surface area (Å²) in [7, 11) is 0. The number of hydrogen-bond donors (Lipinski definition) is 1. The molecule has 3 rings (SSSR count). The van der Waals surface area contributed by atoms with Gasteiger partial charge in [0.25, 0.3) is 0 Å². The fourth-order valence-corrected chi connectivity index (χ4v) is 2.42. The quantitative estimate of drug-likeness (QED) is 0.805. The maximum absolute atomic E-state index is 14.2. The van der Waals surface area contributed by atoms with Crippen molar-refractivity contribution in [1.82, 2.24) is 14.8 Å². The SMILES string of the molecule is OC(Cn1cncn1)(c1ccccc1)c1ccc(F)cc1F. The van der Waals surface area contributed by atoms with E-state index in [-0.39, 0.29) is 12.1 Å². The Morgan fingerprint density at radius 2 is 1.86 bits per heavy atom. The Bertz CT molecular complexity index is 762. The number of aliphatic hydroxyl groups is 1. The minimum absolute atomic E-state index is 0.0180. The van der Waals surface area contributed by atoms with Crippen LogP contribution in [0.25, 0.3) is 0 Å². The Hall–Kier alpha value is -2.60. The zero-order valence-electron chi connectivity index (χ0n) is 11.5. The summed E-state index contributed by atoms with van der Waals surface area (Å²) < 4.78 is 28.8. The molecule has 0 fully saturated rings. The van der Waals surface area contributed by atoms with Crippen LogP contribution in [0.4, 0.5) is 8.78 Å². The molecule has 0 radical (unpaired) electrons. The fourth-order valence-electron chi connectivity index (χ4n) is 2.42. The summed E-state index contributed by atoms with van der Waals surface area (Å²) in [5.74, 6) is -1.51. The van der Waals surface area contributed by atoms with E-state index in [1.807, 2.05) is 0 Å². The number of rotatable bonds is 4. The Morgan fingerprint density at radius 1 is 1.09 bits per heavy atom. The lowest BCUT2D eigenvalue weighted by molar-refractivity contribution is 0.0535. The van der Waals surface area contributed by atoms with Gasteiger partial charge in [-0.2, -0.15) is 5.10 Å². The highest BCUT2D eigenvalue weighted by molar-refractivity contribution is 5.36. The van der Waals surface area contributed by atoms with Crippen molar-refractivity contribution < 1.29 is 13.9 Å². The molecular formula is C16H13F2N3O. The van der Waals surface area contributed by atoms with Gasteiger partial charge in [-0.3, -0.25) is 0 Å². The van der Waals surface area contributed by atoms with Crippen LogP contribution in [0.3, 0.4) is 0 Å². The molecule has 1 heterocycles. The van der Waals surface area contributed by atoms with Gasteiger partial charge in [0.1, 0.15) is 29.9 Å². The zero-order chi connectivity index (χ0) is 15.6. The predicted molar refractivity (Wildman–Crippen MR) is 75.8 cm³/mol. The van der Waals surface area contributed by atoms with E-state index >= 15 is 0 Å². The van der Waals surface area contributed by atoms with E-state index in [2.05, 4.69) is 10.1 Å². The molecule has 0 aliphatic rings. The van der Waals surface area contributed by atoms with Gasteiger partial charge in [0, 0.05) is 11.6 Å². The molecular weight excluding hydrogens is 288 g/mol. The van der Waals surface area contributed by atoms with Gasteiger partial charge < -0.3 is 5.11 Å². The van der Waals surface area contributed by atoms with Crippen LogP contribution in [0, 0.1) is 11.6 Å². The lowest BCUT2D eigenvalue weighted by Crippen LogP contribution is -2.34. The molecule has 1 aromatic heterocycles. The summed E-state index contributed by atoms with van der Waals surface area (Å²) in [6, 6.07) is 11.7. The Morgan fingerprint density at radius 3 is 2.50 bits per heavy atom. The highest BCUT2D eigenvalue weighted by Crippen LogP contribution is 2.33. The van der Waals surface area contributed by atoms with E-state index in [0.717, 1.165) is 12.1 Å². The molecule has 0 spiro atoms. The smallest absolute Gasteiger partial charge is 0.137 e. The maximum atomic E-state index is 14.2. The zero-order valence-corrected chi connectivity index (χ0v) is 11.5. The number of halogens is 2. The molecule has 0 bridgehead atoms. The molecule has 22 heavy (non-hydrogen) atoms. The molecule has 0 amide bonds. The average Bonchev–Trinajstić information content (AvgIpc) is 3.00. The van der Waals surface area contributed by atoms with Gasteiger partial charge in [0.05, 0.1) is 6.54 Å². The third kappa shape index (κ3) is 2.60. The maximum Gasteiger partial charge on any atom is 0.137 e. The minimum atomic E-state index is -1.69. The summed E-state index contributed by atoms with van der Waals surface area (Å²) in [5, 5.41) is 15.1. The van der Waals surface area contributed by atoms with E-state index in [4.69, 9.17) is 0 Å². The third-order valence-corrected chi connectivity index (χ3v) is 3.49. The number of hydrogen-bond acceptors (Lipinski definition) is 3. The third-order valence-electron chi connectivity index (χ3n) is 3.49. The largest absolute Gasteiger partial charge is 0.378 e. The van der Waals surface area contributed by atoms with Crippen LogP contribution in [0.1, 0.15) is 11.1 Å². The van der Waals surface area contributed by atoms with E-state index in [9.17, 15) is 13.9 Å². The number of nitrogens with zero attached hydrogens (tertiary/aromatic N) is 3. The second-order valence-electron chi connectivity index (χ2n) is 4.94. The van der Waals surface area contributed by atoms with Crippen molar-refractivity contribution in [3.05, 3.63) is 83.9 Å². The molecule has 0 saturated carbocycles. The highest BCUT2D eigenvalue weighted by atomic mass is 19.1. The van der Waals surface area contributed by atoms with Crippen molar-refractivity contribution >= 4 is 0 Å². The van der Waals surface area contributed by atoms with Gasteiger partial charge in [0.2, 0.25) is 0 Å². The van der Waals surface area contributed by atoms with Crippen LogP contribution in [0.15, 0.2) is 61.2 Å². The van der Waals surface area contributed by atoms with Crippen LogP contribution < -0.4 is 0 Å². The van der Waals surface area contributed by atoms with Gasteiger partial charge in [-0.05, 0) is 17.7 Å². The molecule has 0 aliphatic carbocycles. The molecule has 6 heteroatoms. The van der Waals surface area contributed by atoms with E-state index in [0.29, 0.717) is 5.56 Å². The summed E-state index contributed by atoms with van der Waals surface area (Å²) in [4.78, 5) is 3.82. The molecule has 3 aromatic rings. The Kier molecular flexibility index (Phi) is 3.68. The lowest BCUT2D eigenvalue weighted by Gasteiger charge is -2.29. The highest BCUT2D eigenvalue weighted by Gasteiger charge is 2.35. The van der Waals surface area contributed by atoms with Crippen molar-refractivity contribution in [3.63, 3.8) is 0 Å². The van der Waals surface area contributed by atoms with Gasteiger partial charge >= 0.3 is 0 Å². The first-order valence-electron chi connectivity index (χ1n) is 6.65. The summed E-state index contributed by atoms with van der Waals surface area (Å²) in [6.45, 7) is -0.0421. The lowest BCUT2D eigenvalue weighted by atomic mass is 9.86. The van der Waals surface area contributed by atoms with Crippen molar-refractivity contribution in [2.24, 2.45) is 0 Å². The standard InChI is InChI=1S/C16H13F2N3O/c17-13-6-7-14(15(18)8-13)16(22,9-21-11-19-10-20-21)12-4-2-1-3-5-12/h1-8,10-11,22H,9H2. The van der Waals surface area contributed by atoms with Crippen LogP contribution in [0.2, 0.25) is 0 Å².